The van der Waals surface area contributed by atoms with E-state index < -0.39 is 5.54 Å². The van der Waals surface area contributed by atoms with Gasteiger partial charge in [-0.3, -0.25) is 9.79 Å². The smallest absolute Gasteiger partial charge is 0.253 e. The summed E-state index contributed by atoms with van der Waals surface area (Å²) >= 11 is 6.20. The van der Waals surface area contributed by atoms with Crippen LogP contribution in [0.15, 0.2) is 23.2 Å². The van der Waals surface area contributed by atoms with Gasteiger partial charge < -0.3 is 5.32 Å². The Bertz CT molecular complexity index is 537. The van der Waals surface area contributed by atoms with Crippen LogP contribution in [0.2, 0.25) is 5.02 Å². The van der Waals surface area contributed by atoms with Crippen molar-refractivity contribution < 1.29 is 4.79 Å². The summed E-state index contributed by atoms with van der Waals surface area (Å²) in [7, 11) is 0. The fourth-order valence-electron chi connectivity index (χ4n) is 1.88. The summed E-state index contributed by atoms with van der Waals surface area (Å²) < 4.78 is 0. The number of carbonyl (C=O) groups excluding carboxylic acids is 1. The van der Waals surface area contributed by atoms with Crippen molar-refractivity contribution in [3.8, 4) is 0 Å². The molecule has 0 spiro atoms. The third kappa shape index (κ3) is 2.03. The minimum Gasteiger partial charge on any atom is -0.308 e. The van der Waals surface area contributed by atoms with Crippen LogP contribution < -0.4 is 5.32 Å². The molecule has 0 saturated carbocycles. The average Bonchev–Trinajstić information content (AvgIpc) is 2.56. The number of amidine groups is 1. The molecule has 1 aliphatic heterocycles. The molecule has 1 amide bonds. The number of halogens is 1. The first-order valence-corrected chi connectivity index (χ1v) is 6.40. The normalized spacial score (nSPS) is 23.2. The molecular weight excluding hydrogens is 248 g/mol. The maximum absolute atomic E-state index is 12.0. The highest BCUT2D eigenvalue weighted by atomic mass is 35.5. The summed E-state index contributed by atoms with van der Waals surface area (Å²) in [6, 6.07) is 5.72. The van der Waals surface area contributed by atoms with E-state index in [1.54, 1.807) is 0 Å². The Kier molecular flexibility index (Phi) is 3.20. The van der Waals surface area contributed by atoms with Crippen molar-refractivity contribution in [2.75, 3.05) is 0 Å². The zero-order chi connectivity index (χ0) is 13.5. The molecule has 3 nitrogen and oxygen atoms in total. The van der Waals surface area contributed by atoms with Crippen molar-refractivity contribution >= 4 is 23.3 Å². The lowest BCUT2D eigenvalue weighted by Crippen LogP contribution is -2.41. The van der Waals surface area contributed by atoms with E-state index in [-0.39, 0.29) is 11.8 Å². The van der Waals surface area contributed by atoms with Crippen molar-refractivity contribution in [1.82, 2.24) is 5.32 Å². The number of nitrogens with one attached hydrogen (secondary N) is 1. The third-order valence-electron chi connectivity index (χ3n) is 3.54. The number of benzene rings is 1. The van der Waals surface area contributed by atoms with Crippen LogP contribution in [-0.4, -0.2) is 17.3 Å². The van der Waals surface area contributed by atoms with Crippen LogP contribution in [-0.2, 0) is 4.79 Å². The monoisotopic (exact) mass is 264 g/mol. The van der Waals surface area contributed by atoms with Crippen LogP contribution in [0, 0.1) is 12.8 Å². The average molecular weight is 265 g/mol. The van der Waals surface area contributed by atoms with Gasteiger partial charge in [0.05, 0.1) is 5.02 Å². The second-order valence-electron chi connectivity index (χ2n) is 5.20. The molecule has 2 rings (SSSR count). The maximum atomic E-state index is 12.0. The van der Waals surface area contributed by atoms with E-state index >= 15 is 0 Å². The van der Waals surface area contributed by atoms with Gasteiger partial charge in [-0.15, -0.1) is 0 Å². The van der Waals surface area contributed by atoms with Crippen LogP contribution in [0.1, 0.15) is 31.9 Å². The van der Waals surface area contributed by atoms with E-state index in [0.717, 1.165) is 11.1 Å². The highest BCUT2D eigenvalue weighted by molar-refractivity contribution is 6.35. The van der Waals surface area contributed by atoms with Gasteiger partial charge >= 0.3 is 0 Å². The van der Waals surface area contributed by atoms with E-state index in [4.69, 9.17) is 11.6 Å². The Morgan fingerprint density at radius 3 is 2.56 bits per heavy atom. The zero-order valence-corrected chi connectivity index (χ0v) is 11.8. The molecule has 18 heavy (non-hydrogen) atoms. The lowest BCUT2D eigenvalue weighted by atomic mass is 9.89. The Labute approximate surface area is 112 Å². The molecule has 96 valence electrons. The number of aliphatic imine (C=N–C) groups is 1. The van der Waals surface area contributed by atoms with Crippen molar-refractivity contribution in [3.63, 3.8) is 0 Å². The standard InChI is InChI=1S/C14H17ClN2O/c1-8(2)14(4)13(18)16-12(17-14)10-6-5-9(3)7-11(10)15/h5-8H,1-4H3,(H,16,17,18). The van der Waals surface area contributed by atoms with Crippen LogP contribution in [0.25, 0.3) is 0 Å². The molecule has 1 aromatic rings. The number of aryl methyl sites for hydroxylation is 1. The van der Waals surface area contributed by atoms with Gasteiger partial charge in [0.25, 0.3) is 5.91 Å². The first-order chi connectivity index (χ1) is 8.34. The van der Waals surface area contributed by atoms with E-state index in [1.807, 2.05) is 45.9 Å². The lowest BCUT2D eigenvalue weighted by Gasteiger charge is -2.21. The maximum Gasteiger partial charge on any atom is 0.253 e. The van der Waals surface area contributed by atoms with Crippen molar-refractivity contribution in [2.24, 2.45) is 10.9 Å². The second-order valence-corrected chi connectivity index (χ2v) is 5.61. The molecule has 0 bridgehead atoms. The summed E-state index contributed by atoms with van der Waals surface area (Å²) in [6.07, 6.45) is 0. The molecule has 0 radical (unpaired) electrons. The van der Waals surface area contributed by atoms with Crippen LogP contribution in [0.3, 0.4) is 0 Å². The number of nitrogens with zero attached hydrogens (tertiary/aromatic N) is 1. The number of carbonyl (C=O) groups is 1. The Hall–Kier alpha value is -1.35. The first kappa shape index (κ1) is 13.1. The minimum absolute atomic E-state index is 0.0656. The molecule has 1 heterocycles. The van der Waals surface area contributed by atoms with Gasteiger partial charge in [-0.2, -0.15) is 0 Å². The first-order valence-electron chi connectivity index (χ1n) is 6.02. The molecule has 1 N–H and O–H groups in total. The lowest BCUT2D eigenvalue weighted by molar-refractivity contribution is -0.124. The van der Waals surface area contributed by atoms with Crippen molar-refractivity contribution in [1.29, 1.82) is 0 Å². The Balaban J connectivity index is 2.45. The minimum atomic E-state index is -0.705. The fourth-order valence-corrected chi connectivity index (χ4v) is 2.20. The number of rotatable bonds is 2. The van der Waals surface area contributed by atoms with Gasteiger partial charge in [0.2, 0.25) is 0 Å². The predicted octanol–water partition coefficient (Wildman–Crippen LogP) is 2.94. The van der Waals surface area contributed by atoms with E-state index in [1.165, 1.54) is 0 Å². The van der Waals surface area contributed by atoms with Gasteiger partial charge in [-0.1, -0.05) is 31.5 Å². The quantitative estimate of drug-likeness (QED) is 0.877. The summed E-state index contributed by atoms with van der Waals surface area (Å²) in [4.78, 5) is 16.6. The summed E-state index contributed by atoms with van der Waals surface area (Å²) in [5.41, 5.74) is 1.16. The molecule has 0 fully saturated rings. The van der Waals surface area contributed by atoms with Crippen molar-refractivity contribution in [2.45, 2.75) is 33.2 Å². The van der Waals surface area contributed by atoms with E-state index in [9.17, 15) is 4.79 Å². The number of hydrogen-bond donors (Lipinski definition) is 1. The molecule has 4 heteroatoms. The van der Waals surface area contributed by atoms with Crippen LogP contribution in [0.4, 0.5) is 0 Å². The molecule has 0 aromatic heterocycles. The Morgan fingerprint density at radius 1 is 1.39 bits per heavy atom. The van der Waals surface area contributed by atoms with Gasteiger partial charge in [-0.05, 0) is 37.5 Å². The molecule has 0 saturated heterocycles. The second kappa shape index (κ2) is 4.39. The van der Waals surface area contributed by atoms with Gasteiger partial charge in [0.1, 0.15) is 11.4 Å². The summed E-state index contributed by atoms with van der Waals surface area (Å²) in [6.45, 7) is 7.80. The highest BCUT2D eigenvalue weighted by Gasteiger charge is 2.42. The highest BCUT2D eigenvalue weighted by Crippen LogP contribution is 2.28. The van der Waals surface area contributed by atoms with Gasteiger partial charge in [0, 0.05) is 5.56 Å². The molecule has 1 aliphatic rings. The fraction of sp³-hybridized carbons (Fsp3) is 0.429. The summed E-state index contributed by atoms with van der Waals surface area (Å²) in [5.74, 6) is 0.643. The molecule has 1 unspecified atom stereocenters. The Morgan fingerprint density at radius 2 is 2.06 bits per heavy atom. The molecular formula is C14H17ClN2O. The van der Waals surface area contributed by atoms with Crippen LogP contribution >= 0.6 is 11.6 Å². The third-order valence-corrected chi connectivity index (χ3v) is 3.85. The van der Waals surface area contributed by atoms with E-state index in [0.29, 0.717) is 10.9 Å². The topological polar surface area (TPSA) is 41.5 Å². The zero-order valence-electron chi connectivity index (χ0n) is 11.0. The van der Waals surface area contributed by atoms with Gasteiger partial charge in [-0.25, -0.2) is 0 Å². The number of amides is 1. The van der Waals surface area contributed by atoms with Crippen molar-refractivity contribution in [3.05, 3.63) is 34.3 Å². The molecule has 1 aromatic carbocycles. The van der Waals surface area contributed by atoms with E-state index in [2.05, 4.69) is 10.3 Å². The van der Waals surface area contributed by atoms with Gasteiger partial charge in [0.15, 0.2) is 0 Å². The number of hydrogen-bond acceptors (Lipinski definition) is 2. The SMILES string of the molecule is Cc1ccc(C2=NC(C)(C(C)C)C(=O)N2)c(Cl)c1. The molecule has 0 aliphatic carbocycles. The predicted molar refractivity (Wildman–Crippen MR) is 74.1 cm³/mol. The van der Waals surface area contributed by atoms with Crippen LogP contribution in [0.5, 0.6) is 0 Å². The molecule has 1 atom stereocenters. The summed E-state index contributed by atoms with van der Waals surface area (Å²) in [5, 5.41) is 3.44. The largest absolute Gasteiger partial charge is 0.308 e.